The molecule has 0 amide bonds. The van der Waals surface area contributed by atoms with Crippen LogP contribution >= 0.6 is 0 Å². The summed E-state index contributed by atoms with van der Waals surface area (Å²) in [5.74, 6) is 0. The molecule has 0 atom stereocenters. The van der Waals surface area contributed by atoms with Crippen LogP contribution in [0, 0.1) is 5.41 Å². The van der Waals surface area contributed by atoms with Gasteiger partial charge in [0.1, 0.15) is 0 Å². The topological polar surface area (TPSA) is 12.4 Å². The van der Waals surface area contributed by atoms with E-state index >= 15 is 0 Å². The molecule has 0 aromatic heterocycles. The van der Waals surface area contributed by atoms with Crippen molar-refractivity contribution in [1.82, 2.24) is 0 Å². The highest BCUT2D eigenvalue weighted by Gasteiger charge is 2.08. The third-order valence-electron chi connectivity index (χ3n) is 1.22. The zero-order chi connectivity index (χ0) is 11.4. The van der Waals surface area contributed by atoms with Crippen LogP contribution in [0.15, 0.2) is 29.4 Å². The standard InChI is InChI=1S/C8H11N.C3H8.C2H6/c1-8(2)5-3-4-6-9-7-8;1-3-2;1-2/h3-7H,1-2H3;3H2,1-2H3;1-2H3. The van der Waals surface area contributed by atoms with Gasteiger partial charge in [0.25, 0.3) is 0 Å². The molecule has 0 spiro atoms. The summed E-state index contributed by atoms with van der Waals surface area (Å²) in [6.45, 7) is 12.5. The summed E-state index contributed by atoms with van der Waals surface area (Å²) in [5.41, 5.74) is 0.128. The van der Waals surface area contributed by atoms with E-state index < -0.39 is 0 Å². The van der Waals surface area contributed by atoms with Crippen LogP contribution in [-0.2, 0) is 0 Å². The smallest absolute Gasteiger partial charge is 0.0264 e. The van der Waals surface area contributed by atoms with E-state index in [1.807, 2.05) is 32.2 Å². The molecule has 0 saturated heterocycles. The maximum absolute atomic E-state index is 4.06. The summed E-state index contributed by atoms with van der Waals surface area (Å²) in [4.78, 5) is 4.06. The zero-order valence-corrected chi connectivity index (χ0v) is 10.5. The lowest BCUT2D eigenvalue weighted by Crippen LogP contribution is -2.07. The number of aliphatic imine (C=N–C) groups is 1. The molecule has 0 fully saturated rings. The van der Waals surface area contributed by atoms with Crippen LogP contribution in [0.3, 0.4) is 0 Å². The third-order valence-corrected chi connectivity index (χ3v) is 1.22. The number of hydrogen-bond donors (Lipinski definition) is 0. The molecular weight excluding hydrogens is 170 g/mol. The van der Waals surface area contributed by atoms with Gasteiger partial charge in [0.05, 0.1) is 0 Å². The van der Waals surface area contributed by atoms with E-state index in [4.69, 9.17) is 0 Å². The Hall–Kier alpha value is -0.850. The molecule has 14 heavy (non-hydrogen) atoms. The molecule has 0 aliphatic carbocycles. The number of hydrogen-bond acceptors (Lipinski definition) is 1. The second-order valence-electron chi connectivity index (χ2n) is 3.51. The highest BCUT2D eigenvalue weighted by molar-refractivity contribution is 5.68. The average molecular weight is 195 g/mol. The predicted octanol–water partition coefficient (Wildman–Crippen LogP) is 4.61. The van der Waals surface area contributed by atoms with Gasteiger partial charge >= 0.3 is 0 Å². The van der Waals surface area contributed by atoms with Crippen molar-refractivity contribution in [3.63, 3.8) is 0 Å². The van der Waals surface area contributed by atoms with E-state index in [0.29, 0.717) is 0 Å². The minimum Gasteiger partial charge on any atom is -0.268 e. The first-order valence-corrected chi connectivity index (χ1v) is 5.51. The second-order valence-corrected chi connectivity index (χ2v) is 3.51. The van der Waals surface area contributed by atoms with Gasteiger partial charge in [-0.05, 0) is 6.08 Å². The fourth-order valence-electron chi connectivity index (χ4n) is 0.681. The van der Waals surface area contributed by atoms with E-state index in [1.165, 1.54) is 6.42 Å². The van der Waals surface area contributed by atoms with E-state index in [9.17, 15) is 0 Å². The first-order valence-electron chi connectivity index (χ1n) is 5.51. The van der Waals surface area contributed by atoms with Crippen molar-refractivity contribution >= 4 is 6.21 Å². The molecule has 0 N–H and O–H groups in total. The normalized spacial score (nSPS) is 15.9. The van der Waals surface area contributed by atoms with Crippen molar-refractivity contribution < 1.29 is 0 Å². The van der Waals surface area contributed by atoms with Crippen LogP contribution in [0.2, 0.25) is 0 Å². The summed E-state index contributed by atoms with van der Waals surface area (Å²) >= 11 is 0. The maximum atomic E-state index is 4.06. The van der Waals surface area contributed by atoms with Gasteiger partial charge in [-0.3, -0.25) is 4.99 Å². The lowest BCUT2D eigenvalue weighted by Gasteiger charge is -2.10. The van der Waals surface area contributed by atoms with Crippen molar-refractivity contribution in [3.05, 3.63) is 24.4 Å². The van der Waals surface area contributed by atoms with Crippen molar-refractivity contribution in [2.45, 2.75) is 48.0 Å². The van der Waals surface area contributed by atoms with E-state index in [2.05, 4.69) is 38.8 Å². The molecule has 1 nitrogen and oxygen atoms in total. The Morgan fingerprint density at radius 1 is 1.07 bits per heavy atom. The monoisotopic (exact) mass is 195 g/mol. The Labute approximate surface area is 89.6 Å². The number of allylic oxidation sites excluding steroid dienone is 3. The Morgan fingerprint density at radius 3 is 2.07 bits per heavy atom. The third kappa shape index (κ3) is 11.2. The molecule has 82 valence electrons. The summed E-state index contributed by atoms with van der Waals surface area (Å²) in [6.07, 6.45) is 11.1. The first-order chi connectivity index (χ1) is 6.62. The van der Waals surface area contributed by atoms with Crippen LogP contribution < -0.4 is 0 Å². The van der Waals surface area contributed by atoms with Crippen LogP contribution in [-0.4, -0.2) is 6.21 Å². The molecule has 1 aliphatic rings. The largest absolute Gasteiger partial charge is 0.268 e. The van der Waals surface area contributed by atoms with Crippen LogP contribution in [0.4, 0.5) is 0 Å². The van der Waals surface area contributed by atoms with Crippen molar-refractivity contribution in [1.29, 1.82) is 0 Å². The highest BCUT2D eigenvalue weighted by Crippen LogP contribution is 2.14. The average Bonchev–Trinajstić information content (AvgIpc) is 2.34. The summed E-state index contributed by atoms with van der Waals surface area (Å²) in [5, 5.41) is 0. The molecule has 0 radical (unpaired) electrons. The number of rotatable bonds is 0. The second kappa shape index (κ2) is 10.2. The molecule has 0 aromatic carbocycles. The molecule has 0 unspecified atom stereocenters. The van der Waals surface area contributed by atoms with Gasteiger partial charge < -0.3 is 0 Å². The van der Waals surface area contributed by atoms with Gasteiger partial charge in [-0.25, -0.2) is 0 Å². The predicted molar refractivity (Wildman–Crippen MR) is 67.9 cm³/mol. The quantitative estimate of drug-likeness (QED) is 0.535. The molecule has 1 heteroatoms. The molecule has 1 rings (SSSR count). The van der Waals surface area contributed by atoms with Crippen molar-refractivity contribution in [2.75, 3.05) is 0 Å². The van der Waals surface area contributed by atoms with Gasteiger partial charge in [0.2, 0.25) is 0 Å². The lowest BCUT2D eigenvalue weighted by atomic mass is 9.95. The number of nitrogens with zero attached hydrogens (tertiary/aromatic N) is 1. The Morgan fingerprint density at radius 2 is 1.57 bits per heavy atom. The Balaban J connectivity index is 0. The lowest BCUT2D eigenvalue weighted by molar-refractivity contribution is 0.695. The zero-order valence-electron chi connectivity index (χ0n) is 10.5. The highest BCUT2D eigenvalue weighted by atomic mass is 14.7. The Bertz CT molecular complexity index is 167. The molecule has 1 aliphatic heterocycles. The molecule has 0 aromatic rings. The van der Waals surface area contributed by atoms with Crippen LogP contribution in [0.25, 0.3) is 0 Å². The summed E-state index contributed by atoms with van der Waals surface area (Å²) < 4.78 is 0. The van der Waals surface area contributed by atoms with E-state index in [1.54, 1.807) is 6.20 Å². The fraction of sp³-hybridized carbons (Fsp3) is 0.615. The van der Waals surface area contributed by atoms with Gasteiger partial charge in [-0.15, -0.1) is 0 Å². The van der Waals surface area contributed by atoms with Crippen molar-refractivity contribution in [3.8, 4) is 0 Å². The molecule has 0 bridgehead atoms. The molecular formula is C13H25N. The van der Waals surface area contributed by atoms with Crippen LogP contribution in [0.5, 0.6) is 0 Å². The van der Waals surface area contributed by atoms with Gasteiger partial charge in [-0.2, -0.15) is 0 Å². The van der Waals surface area contributed by atoms with Gasteiger partial charge in [-0.1, -0.05) is 60.1 Å². The van der Waals surface area contributed by atoms with Crippen molar-refractivity contribution in [2.24, 2.45) is 10.4 Å². The van der Waals surface area contributed by atoms with Gasteiger partial charge in [0, 0.05) is 17.8 Å². The van der Waals surface area contributed by atoms with E-state index in [0.717, 1.165) is 0 Å². The fourth-order valence-corrected chi connectivity index (χ4v) is 0.681. The summed E-state index contributed by atoms with van der Waals surface area (Å²) in [7, 11) is 0. The minimum atomic E-state index is 0.128. The SMILES string of the molecule is CC.CC1(C)C=CC=CN=C1.CCC. The van der Waals surface area contributed by atoms with Crippen LogP contribution in [0.1, 0.15) is 48.0 Å². The van der Waals surface area contributed by atoms with Gasteiger partial charge in [0.15, 0.2) is 0 Å². The Kier molecular flexibility index (Phi) is 11.4. The minimum absolute atomic E-state index is 0.128. The maximum Gasteiger partial charge on any atom is 0.0264 e. The molecule has 1 heterocycles. The molecule has 0 saturated carbocycles. The first kappa shape index (κ1) is 15.6. The van der Waals surface area contributed by atoms with E-state index in [-0.39, 0.29) is 5.41 Å². The summed E-state index contributed by atoms with van der Waals surface area (Å²) in [6, 6.07) is 0.